The topological polar surface area (TPSA) is 79.4 Å². The number of fused-ring (bicyclic) bond motifs is 1. The summed E-state index contributed by atoms with van der Waals surface area (Å²) in [6.07, 6.45) is -0.969. The second-order valence-corrected chi connectivity index (χ2v) is 7.66. The van der Waals surface area contributed by atoms with Crippen LogP contribution in [0.15, 0.2) is 90.0 Å². The van der Waals surface area contributed by atoms with Gasteiger partial charge in [0.1, 0.15) is 11.9 Å². The Labute approximate surface area is 157 Å². The van der Waals surface area contributed by atoms with E-state index in [2.05, 4.69) is 4.98 Å². The summed E-state index contributed by atoms with van der Waals surface area (Å²) >= 11 is 0. The molecule has 0 aliphatic rings. The van der Waals surface area contributed by atoms with Crippen molar-refractivity contribution in [2.24, 2.45) is 0 Å². The zero-order valence-electron chi connectivity index (χ0n) is 14.2. The molecule has 1 heterocycles. The molecule has 5 nitrogen and oxygen atoms in total. The molecule has 4 rings (SSSR count). The van der Waals surface area contributed by atoms with Crippen molar-refractivity contribution in [3.8, 4) is 5.75 Å². The van der Waals surface area contributed by atoms with E-state index in [1.54, 1.807) is 48.5 Å². The summed E-state index contributed by atoms with van der Waals surface area (Å²) in [5, 5.41) is 11.0. The van der Waals surface area contributed by atoms with Gasteiger partial charge in [0.15, 0.2) is 5.03 Å². The molecule has 0 fully saturated rings. The third-order valence-corrected chi connectivity index (χ3v) is 5.52. The number of aromatic nitrogens is 1. The van der Waals surface area contributed by atoms with Gasteiger partial charge in [0.25, 0.3) is 0 Å². The molecule has 0 aliphatic carbocycles. The van der Waals surface area contributed by atoms with Gasteiger partial charge in [-0.1, -0.05) is 66.7 Å². The molecule has 0 radical (unpaired) electrons. The van der Waals surface area contributed by atoms with Crippen molar-refractivity contribution in [3.63, 3.8) is 0 Å². The Balaban J connectivity index is 1.78. The lowest BCUT2D eigenvalue weighted by atomic mass is 10.0. The van der Waals surface area contributed by atoms with Crippen LogP contribution in [0.2, 0.25) is 0 Å². The fourth-order valence-electron chi connectivity index (χ4n) is 2.98. The third-order valence-electron chi connectivity index (χ3n) is 4.32. The summed E-state index contributed by atoms with van der Waals surface area (Å²) in [6, 6.07) is 24.3. The van der Waals surface area contributed by atoms with Gasteiger partial charge in [-0.25, -0.2) is 0 Å². The van der Waals surface area contributed by atoms with Gasteiger partial charge in [0.2, 0.25) is 0 Å². The van der Waals surface area contributed by atoms with Crippen molar-refractivity contribution in [1.29, 1.82) is 0 Å². The molecule has 0 bridgehead atoms. The number of rotatable bonds is 5. The van der Waals surface area contributed by atoms with Crippen molar-refractivity contribution in [3.05, 3.63) is 96.1 Å². The minimum atomic E-state index is -4.10. The minimum absolute atomic E-state index is 0.0277. The molecule has 27 heavy (non-hydrogen) atoms. The van der Waals surface area contributed by atoms with E-state index in [0.717, 1.165) is 5.39 Å². The van der Waals surface area contributed by atoms with E-state index in [-0.39, 0.29) is 10.8 Å². The molecular weight excluding hydrogens is 362 g/mol. The predicted octanol–water partition coefficient (Wildman–Crippen LogP) is 4.37. The number of nitrogens with one attached hydrogen (secondary N) is 1. The maximum absolute atomic E-state index is 12.9. The summed E-state index contributed by atoms with van der Waals surface area (Å²) in [6.45, 7) is 0. The number of aromatic amines is 1. The van der Waals surface area contributed by atoms with Gasteiger partial charge >= 0.3 is 10.1 Å². The van der Waals surface area contributed by atoms with E-state index in [9.17, 15) is 13.5 Å². The first-order chi connectivity index (χ1) is 13.0. The average molecular weight is 379 g/mol. The van der Waals surface area contributed by atoms with Gasteiger partial charge in [0, 0.05) is 16.5 Å². The number of hydrogen-bond donors (Lipinski definition) is 2. The smallest absolute Gasteiger partial charge is 0.313 e. The molecule has 1 unspecified atom stereocenters. The molecule has 0 aliphatic heterocycles. The van der Waals surface area contributed by atoms with Crippen molar-refractivity contribution < 1.29 is 17.7 Å². The number of phenolic OH excluding ortho intramolecular Hbond substituents is 1. The Morgan fingerprint density at radius 2 is 1.52 bits per heavy atom. The highest BCUT2D eigenvalue weighted by atomic mass is 32.2. The van der Waals surface area contributed by atoms with E-state index in [0.29, 0.717) is 16.6 Å². The molecule has 136 valence electrons. The minimum Gasteiger partial charge on any atom is -0.508 e. The second-order valence-electron chi connectivity index (χ2n) is 6.12. The van der Waals surface area contributed by atoms with Crippen LogP contribution in [0.5, 0.6) is 5.75 Å². The van der Waals surface area contributed by atoms with Crippen LogP contribution in [0.4, 0.5) is 0 Å². The zero-order chi connectivity index (χ0) is 18.9. The van der Waals surface area contributed by atoms with E-state index in [1.165, 1.54) is 12.1 Å². The summed E-state index contributed by atoms with van der Waals surface area (Å²) in [7, 11) is -4.10. The van der Waals surface area contributed by atoms with Crippen LogP contribution in [0, 0.1) is 0 Å². The quantitative estimate of drug-likeness (QED) is 0.505. The summed E-state index contributed by atoms with van der Waals surface area (Å²) in [5.74, 6) is -0.0294. The van der Waals surface area contributed by atoms with Crippen LogP contribution in [-0.2, 0) is 14.3 Å². The lowest BCUT2D eigenvalue weighted by molar-refractivity contribution is 0.247. The number of aromatic hydroxyl groups is 1. The van der Waals surface area contributed by atoms with Crippen molar-refractivity contribution >= 4 is 21.0 Å². The monoisotopic (exact) mass is 379 g/mol. The van der Waals surface area contributed by atoms with Crippen LogP contribution in [0.1, 0.15) is 17.2 Å². The molecule has 1 aromatic heterocycles. The lowest BCUT2D eigenvalue weighted by Gasteiger charge is -2.19. The Hall–Kier alpha value is -3.09. The number of benzene rings is 3. The molecule has 0 amide bonds. The van der Waals surface area contributed by atoms with Crippen LogP contribution in [0.3, 0.4) is 0 Å². The number of phenols is 1. The van der Waals surface area contributed by atoms with E-state index < -0.39 is 16.2 Å². The van der Waals surface area contributed by atoms with Gasteiger partial charge in [0.05, 0.1) is 0 Å². The Bertz CT molecular complexity index is 1150. The second kappa shape index (κ2) is 6.90. The molecule has 3 aromatic carbocycles. The van der Waals surface area contributed by atoms with E-state index in [4.69, 9.17) is 4.18 Å². The molecule has 0 spiro atoms. The van der Waals surface area contributed by atoms with E-state index >= 15 is 0 Å². The molecular formula is C21H17NO4S. The number of para-hydroxylation sites is 2. The largest absolute Gasteiger partial charge is 0.508 e. The summed E-state index contributed by atoms with van der Waals surface area (Å²) in [5.41, 5.74) is 1.71. The Morgan fingerprint density at radius 1 is 0.852 bits per heavy atom. The zero-order valence-corrected chi connectivity index (χ0v) is 15.1. The number of hydrogen-bond acceptors (Lipinski definition) is 4. The van der Waals surface area contributed by atoms with Gasteiger partial charge in [-0.15, -0.1) is 0 Å². The SMILES string of the molecule is O=S(=O)(OC(c1ccccc1)c1ccccc1O)c1cc2ccccc2[nH]1. The first-order valence-corrected chi connectivity index (χ1v) is 9.79. The van der Waals surface area contributed by atoms with Crippen LogP contribution >= 0.6 is 0 Å². The molecule has 4 aromatic rings. The standard InChI is InChI=1S/C21H17NO4S/c23-19-13-7-5-11-17(19)21(15-8-2-1-3-9-15)26-27(24,25)20-14-16-10-4-6-12-18(16)22-20/h1-14,21-23H. The maximum Gasteiger partial charge on any atom is 0.313 e. The number of H-pyrrole nitrogens is 1. The Kier molecular flexibility index (Phi) is 4.43. The normalized spacial score (nSPS) is 12.9. The predicted molar refractivity (Wildman–Crippen MR) is 103 cm³/mol. The highest BCUT2D eigenvalue weighted by Crippen LogP contribution is 2.35. The van der Waals surface area contributed by atoms with Crippen LogP contribution in [-0.4, -0.2) is 18.5 Å². The molecule has 6 heteroatoms. The van der Waals surface area contributed by atoms with Crippen LogP contribution < -0.4 is 0 Å². The van der Waals surface area contributed by atoms with E-state index in [1.807, 2.05) is 24.3 Å². The van der Waals surface area contributed by atoms with Gasteiger partial charge in [-0.3, -0.25) is 4.18 Å². The highest BCUT2D eigenvalue weighted by Gasteiger charge is 2.27. The Morgan fingerprint density at radius 3 is 2.26 bits per heavy atom. The molecule has 0 saturated carbocycles. The fraction of sp³-hybridized carbons (Fsp3) is 0.0476. The lowest BCUT2D eigenvalue weighted by Crippen LogP contribution is -2.14. The molecule has 1 atom stereocenters. The van der Waals surface area contributed by atoms with Gasteiger partial charge < -0.3 is 10.1 Å². The maximum atomic E-state index is 12.9. The van der Waals surface area contributed by atoms with Crippen LogP contribution in [0.25, 0.3) is 10.9 Å². The van der Waals surface area contributed by atoms with Crippen molar-refractivity contribution in [2.75, 3.05) is 0 Å². The molecule has 0 saturated heterocycles. The average Bonchev–Trinajstić information content (AvgIpc) is 3.13. The summed E-state index contributed by atoms with van der Waals surface area (Å²) in [4.78, 5) is 2.88. The van der Waals surface area contributed by atoms with Crippen molar-refractivity contribution in [1.82, 2.24) is 4.98 Å². The van der Waals surface area contributed by atoms with Crippen molar-refractivity contribution in [2.45, 2.75) is 11.1 Å². The highest BCUT2D eigenvalue weighted by molar-refractivity contribution is 7.86. The first kappa shape index (κ1) is 17.3. The first-order valence-electron chi connectivity index (χ1n) is 8.38. The fourth-order valence-corrected chi connectivity index (χ4v) is 4.06. The summed E-state index contributed by atoms with van der Waals surface area (Å²) < 4.78 is 31.5. The van der Waals surface area contributed by atoms with Gasteiger partial charge in [-0.05, 0) is 23.8 Å². The molecule has 2 N–H and O–H groups in total. The van der Waals surface area contributed by atoms with Gasteiger partial charge in [-0.2, -0.15) is 8.42 Å². The third kappa shape index (κ3) is 3.45.